The molecule has 3 heterocycles. The summed E-state index contributed by atoms with van der Waals surface area (Å²) in [7, 11) is 1.27. The van der Waals surface area contributed by atoms with Gasteiger partial charge in [0.1, 0.15) is 17.6 Å². The molecule has 1 atom stereocenters. The van der Waals surface area contributed by atoms with Gasteiger partial charge < -0.3 is 15.0 Å². The number of thiazole rings is 1. The molecule has 31 heavy (non-hydrogen) atoms. The molecule has 9 nitrogen and oxygen atoms in total. The Kier molecular flexibility index (Phi) is 5.99. The van der Waals surface area contributed by atoms with Crippen LogP contribution in [0.3, 0.4) is 0 Å². The van der Waals surface area contributed by atoms with Gasteiger partial charge in [-0.05, 0) is 30.9 Å². The first kappa shape index (κ1) is 21.0. The predicted molar refractivity (Wildman–Crippen MR) is 119 cm³/mol. The number of benzene rings is 1. The lowest BCUT2D eigenvalue weighted by atomic mass is 10.0. The number of nitrogens with one attached hydrogen (secondary N) is 1. The zero-order valence-corrected chi connectivity index (χ0v) is 18.1. The zero-order valence-electron chi connectivity index (χ0n) is 17.3. The van der Waals surface area contributed by atoms with Crippen molar-refractivity contribution in [2.75, 3.05) is 30.4 Å². The molecule has 1 N–H and O–H groups in total. The molecule has 4 rings (SSSR count). The summed E-state index contributed by atoms with van der Waals surface area (Å²) in [6.45, 7) is 3.81. The van der Waals surface area contributed by atoms with Crippen molar-refractivity contribution in [2.24, 2.45) is 5.92 Å². The summed E-state index contributed by atoms with van der Waals surface area (Å²) in [6.07, 6.45) is 3.63. The van der Waals surface area contributed by atoms with Crippen LogP contribution in [0.5, 0.6) is 0 Å². The maximum absolute atomic E-state index is 12.9. The molecule has 1 aliphatic heterocycles. The highest BCUT2D eigenvalue weighted by Crippen LogP contribution is 2.29. The zero-order chi connectivity index (χ0) is 22.0. The number of fused-ring (bicyclic) bond motifs is 1. The van der Waals surface area contributed by atoms with Crippen LogP contribution in [0.25, 0.3) is 10.3 Å². The van der Waals surface area contributed by atoms with Gasteiger partial charge in [0.05, 0.1) is 18.4 Å². The lowest BCUT2D eigenvalue weighted by molar-refractivity contribution is -0.116. The van der Waals surface area contributed by atoms with Crippen LogP contribution in [0.2, 0.25) is 0 Å². The number of ether oxygens (including phenoxy) is 1. The summed E-state index contributed by atoms with van der Waals surface area (Å²) < 4.78 is 6.42. The molecule has 0 bridgehead atoms. The first-order valence-electron chi connectivity index (χ1n) is 10.0. The molecule has 0 saturated carbocycles. The van der Waals surface area contributed by atoms with Crippen molar-refractivity contribution in [3.05, 3.63) is 46.5 Å². The van der Waals surface area contributed by atoms with E-state index >= 15 is 0 Å². The van der Waals surface area contributed by atoms with Crippen molar-refractivity contribution in [3.8, 4) is 0 Å². The number of aromatic nitrogens is 3. The molecule has 0 aliphatic carbocycles. The van der Waals surface area contributed by atoms with E-state index in [1.54, 1.807) is 24.3 Å². The minimum atomic E-state index is -0.555. The topological polar surface area (TPSA) is 106 Å². The monoisotopic (exact) mass is 441 g/mol. The van der Waals surface area contributed by atoms with Crippen molar-refractivity contribution in [1.82, 2.24) is 14.5 Å². The first-order chi connectivity index (χ1) is 15.0. The third kappa shape index (κ3) is 4.43. The molecule has 2 aromatic heterocycles. The Labute approximate surface area is 182 Å². The van der Waals surface area contributed by atoms with Gasteiger partial charge in [-0.2, -0.15) is 4.98 Å². The molecule has 1 unspecified atom stereocenters. The van der Waals surface area contributed by atoms with Crippen LogP contribution in [-0.4, -0.2) is 46.6 Å². The van der Waals surface area contributed by atoms with Gasteiger partial charge >= 0.3 is 5.97 Å². The number of para-hydroxylation sites is 1. The van der Waals surface area contributed by atoms with E-state index in [9.17, 15) is 14.4 Å². The summed E-state index contributed by atoms with van der Waals surface area (Å²) in [6, 6.07) is 6.53. The van der Waals surface area contributed by atoms with Crippen LogP contribution in [0.4, 0.5) is 10.8 Å². The summed E-state index contributed by atoms with van der Waals surface area (Å²) in [5.41, 5.74) is 0.647. The van der Waals surface area contributed by atoms with E-state index in [-0.39, 0.29) is 17.7 Å². The standard InChI is InChI=1S/C21H23N5O4S/c1-13-6-5-9-25(10-13)21-24-18-17(31-21)19(28)26(12-22-18)11-16(27)23-15-8-4-3-7-14(15)20(29)30-2/h3-4,7-8,12-13H,5-6,9-11H2,1-2H3,(H,23,27). The minimum absolute atomic E-state index is 0.231. The fourth-order valence-corrected chi connectivity index (χ4v) is 4.67. The molecule has 1 aliphatic rings. The van der Waals surface area contributed by atoms with Gasteiger partial charge in [0, 0.05) is 13.1 Å². The Morgan fingerprint density at radius 3 is 2.90 bits per heavy atom. The number of anilines is 2. The van der Waals surface area contributed by atoms with E-state index in [2.05, 4.69) is 27.1 Å². The maximum Gasteiger partial charge on any atom is 0.339 e. The van der Waals surface area contributed by atoms with Crippen LogP contribution in [0.1, 0.15) is 30.1 Å². The van der Waals surface area contributed by atoms with Crippen molar-refractivity contribution >= 4 is 44.4 Å². The SMILES string of the molecule is COC(=O)c1ccccc1NC(=O)Cn1cnc2nc(N3CCCC(C)C3)sc2c1=O. The van der Waals surface area contributed by atoms with Crippen LogP contribution in [0, 0.1) is 5.92 Å². The molecule has 3 aromatic rings. The number of piperidine rings is 1. The van der Waals surface area contributed by atoms with Gasteiger partial charge in [-0.1, -0.05) is 30.4 Å². The minimum Gasteiger partial charge on any atom is -0.465 e. The van der Waals surface area contributed by atoms with Crippen LogP contribution < -0.4 is 15.8 Å². The number of rotatable bonds is 5. The van der Waals surface area contributed by atoms with E-state index in [0.29, 0.717) is 22.0 Å². The quantitative estimate of drug-likeness (QED) is 0.606. The Morgan fingerprint density at radius 2 is 2.13 bits per heavy atom. The van der Waals surface area contributed by atoms with E-state index in [0.717, 1.165) is 24.6 Å². The number of nitrogens with zero attached hydrogens (tertiary/aromatic N) is 4. The molecule has 1 saturated heterocycles. The second kappa shape index (κ2) is 8.84. The highest BCUT2D eigenvalue weighted by atomic mass is 32.1. The normalized spacial score (nSPS) is 16.3. The lowest BCUT2D eigenvalue weighted by Gasteiger charge is -2.30. The van der Waals surface area contributed by atoms with Crippen LogP contribution >= 0.6 is 11.3 Å². The number of hydrogen-bond donors (Lipinski definition) is 1. The number of carbonyl (C=O) groups excluding carboxylic acids is 2. The first-order valence-corrected chi connectivity index (χ1v) is 10.9. The summed E-state index contributed by atoms with van der Waals surface area (Å²) in [5.74, 6) is -0.420. The molecule has 0 radical (unpaired) electrons. The van der Waals surface area contributed by atoms with Gasteiger partial charge in [-0.3, -0.25) is 14.2 Å². The molecule has 10 heteroatoms. The molecular formula is C21H23N5O4S. The van der Waals surface area contributed by atoms with Gasteiger partial charge in [0.15, 0.2) is 10.8 Å². The Morgan fingerprint density at radius 1 is 1.32 bits per heavy atom. The van der Waals surface area contributed by atoms with Gasteiger partial charge in [0.2, 0.25) is 5.91 Å². The van der Waals surface area contributed by atoms with E-state index in [1.165, 1.54) is 35.8 Å². The summed E-state index contributed by atoms with van der Waals surface area (Å²) in [5, 5.41) is 3.46. The molecule has 1 fully saturated rings. The predicted octanol–water partition coefficient (Wildman–Crippen LogP) is 2.51. The van der Waals surface area contributed by atoms with E-state index in [4.69, 9.17) is 4.74 Å². The van der Waals surface area contributed by atoms with E-state index < -0.39 is 11.9 Å². The number of hydrogen-bond acceptors (Lipinski definition) is 8. The van der Waals surface area contributed by atoms with Gasteiger partial charge in [-0.25, -0.2) is 9.78 Å². The van der Waals surface area contributed by atoms with Crippen LogP contribution in [0.15, 0.2) is 35.4 Å². The van der Waals surface area contributed by atoms with Gasteiger partial charge in [0.25, 0.3) is 5.56 Å². The second-order valence-electron chi connectivity index (χ2n) is 7.61. The fraction of sp³-hybridized carbons (Fsp3) is 0.381. The maximum atomic E-state index is 12.9. The number of esters is 1. The number of amides is 1. The molecule has 162 valence electrons. The average Bonchev–Trinajstić information content (AvgIpc) is 3.21. The second-order valence-corrected chi connectivity index (χ2v) is 8.58. The molecule has 0 spiro atoms. The van der Waals surface area contributed by atoms with Crippen molar-refractivity contribution in [2.45, 2.75) is 26.3 Å². The molecular weight excluding hydrogens is 418 g/mol. The van der Waals surface area contributed by atoms with Crippen molar-refractivity contribution in [1.29, 1.82) is 0 Å². The van der Waals surface area contributed by atoms with E-state index in [1.807, 2.05) is 0 Å². The number of carbonyl (C=O) groups is 2. The van der Waals surface area contributed by atoms with Gasteiger partial charge in [-0.15, -0.1) is 0 Å². The van der Waals surface area contributed by atoms with Crippen molar-refractivity contribution < 1.29 is 14.3 Å². The lowest BCUT2D eigenvalue weighted by Crippen LogP contribution is -2.34. The third-order valence-electron chi connectivity index (χ3n) is 5.22. The molecule has 1 amide bonds. The third-order valence-corrected chi connectivity index (χ3v) is 6.31. The Bertz CT molecular complexity index is 1190. The average molecular weight is 442 g/mol. The van der Waals surface area contributed by atoms with Crippen LogP contribution in [-0.2, 0) is 16.1 Å². The van der Waals surface area contributed by atoms with Crippen molar-refractivity contribution in [3.63, 3.8) is 0 Å². The number of methoxy groups -OCH3 is 1. The largest absolute Gasteiger partial charge is 0.465 e. The Balaban J connectivity index is 1.54. The Hall–Kier alpha value is -3.27. The fourth-order valence-electron chi connectivity index (χ4n) is 3.67. The highest BCUT2D eigenvalue weighted by Gasteiger charge is 2.21. The summed E-state index contributed by atoms with van der Waals surface area (Å²) >= 11 is 1.31. The highest BCUT2D eigenvalue weighted by molar-refractivity contribution is 7.22. The molecule has 1 aromatic carbocycles. The smallest absolute Gasteiger partial charge is 0.339 e. The summed E-state index contributed by atoms with van der Waals surface area (Å²) in [4.78, 5) is 48.3.